The Balaban J connectivity index is 2.34. The van der Waals surface area contributed by atoms with Crippen molar-refractivity contribution < 1.29 is 14.3 Å². The second-order valence-electron chi connectivity index (χ2n) is 5.05. The van der Waals surface area contributed by atoms with E-state index in [1.807, 2.05) is 12.3 Å². The minimum atomic E-state index is -1.22. The van der Waals surface area contributed by atoms with E-state index in [2.05, 4.69) is 30.9 Å². The number of benzene rings is 1. The standard InChI is InChI=1S/C16H10BrClFN3O2S/c1-7-6-25-15(20-7)14-21-10(5-17)11(16(23)24)13(22-14)8-3-2-4-9(19)12(8)18/h2-4,6H,5H2,1H3,(H,23,24). The summed E-state index contributed by atoms with van der Waals surface area (Å²) in [5.74, 6) is -1.60. The SMILES string of the molecule is Cc1csc(-c2nc(CBr)c(C(=O)O)c(-c3cccc(F)c3Cl)n2)n1. The van der Waals surface area contributed by atoms with Crippen LogP contribution in [0, 0.1) is 12.7 Å². The molecule has 0 fully saturated rings. The van der Waals surface area contributed by atoms with Gasteiger partial charge in [-0.15, -0.1) is 11.3 Å². The molecule has 5 nitrogen and oxygen atoms in total. The van der Waals surface area contributed by atoms with E-state index < -0.39 is 11.8 Å². The summed E-state index contributed by atoms with van der Waals surface area (Å²) in [4.78, 5) is 24.8. The van der Waals surface area contributed by atoms with Crippen LogP contribution in [0.4, 0.5) is 4.39 Å². The first-order valence-corrected chi connectivity index (χ1v) is 9.37. The van der Waals surface area contributed by atoms with E-state index in [-0.39, 0.29) is 38.7 Å². The Morgan fingerprint density at radius 2 is 2.12 bits per heavy atom. The number of carboxylic acid groups (broad SMARTS) is 1. The van der Waals surface area contributed by atoms with Gasteiger partial charge in [-0.2, -0.15) is 0 Å². The van der Waals surface area contributed by atoms with Gasteiger partial charge >= 0.3 is 5.97 Å². The van der Waals surface area contributed by atoms with E-state index in [9.17, 15) is 14.3 Å². The van der Waals surface area contributed by atoms with Crippen LogP contribution in [0.25, 0.3) is 22.1 Å². The summed E-state index contributed by atoms with van der Waals surface area (Å²) in [5, 5.41) is 12.0. The lowest BCUT2D eigenvalue weighted by atomic mass is 10.0. The molecule has 9 heteroatoms. The average Bonchev–Trinajstić information content (AvgIpc) is 3.02. The molecule has 0 atom stereocenters. The highest BCUT2D eigenvalue weighted by Crippen LogP contribution is 2.34. The maximum absolute atomic E-state index is 13.9. The summed E-state index contributed by atoms with van der Waals surface area (Å²) in [6.45, 7) is 1.83. The highest BCUT2D eigenvalue weighted by atomic mass is 79.9. The van der Waals surface area contributed by atoms with Crippen LogP contribution in [0.5, 0.6) is 0 Å². The van der Waals surface area contributed by atoms with Crippen molar-refractivity contribution in [2.24, 2.45) is 0 Å². The van der Waals surface area contributed by atoms with E-state index >= 15 is 0 Å². The van der Waals surface area contributed by atoms with Crippen LogP contribution in [0.1, 0.15) is 21.7 Å². The number of rotatable bonds is 4. The van der Waals surface area contributed by atoms with Crippen molar-refractivity contribution in [3.8, 4) is 22.1 Å². The molecule has 1 aromatic carbocycles. The van der Waals surface area contributed by atoms with Gasteiger partial charge in [0, 0.05) is 22.0 Å². The Labute approximate surface area is 159 Å². The molecule has 0 amide bonds. The zero-order chi connectivity index (χ0) is 18.1. The largest absolute Gasteiger partial charge is 0.478 e. The maximum atomic E-state index is 13.9. The predicted octanol–water partition coefficient (Wildman–Crippen LogP) is 4.96. The first-order chi connectivity index (χ1) is 11.9. The van der Waals surface area contributed by atoms with E-state index in [0.29, 0.717) is 5.01 Å². The van der Waals surface area contributed by atoms with Crippen molar-refractivity contribution in [1.29, 1.82) is 0 Å². The summed E-state index contributed by atoms with van der Waals surface area (Å²) in [6.07, 6.45) is 0. The van der Waals surface area contributed by atoms with Gasteiger partial charge in [0.2, 0.25) is 0 Å². The Bertz CT molecular complexity index is 980. The Hall–Kier alpha value is -1.90. The lowest BCUT2D eigenvalue weighted by molar-refractivity contribution is 0.0696. The van der Waals surface area contributed by atoms with Crippen LogP contribution in [-0.4, -0.2) is 26.0 Å². The van der Waals surface area contributed by atoms with Crippen LogP contribution in [0.15, 0.2) is 23.6 Å². The molecule has 0 radical (unpaired) electrons. The van der Waals surface area contributed by atoms with Gasteiger partial charge in [-0.05, 0) is 13.0 Å². The summed E-state index contributed by atoms with van der Waals surface area (Å²) in [5.41, 5.74) is 1.20. The Morgan fingerprint density at radius 1 is 1.36 bits per heavy atom. The van der Waals surface area contributed by atoms with Gasteiger partial charge in [0.15, 0.2) is 10.8 Å². The van der Waals surface area contributed by atoms with Gasteiger partial charge < -0.3 is 5.11 Å². The first kappa shape index (κ1) is 17.9. The number of hydrogen-bond donors (Lipinski definition) is 1. The molecule has 25 heavy (non-hydrogen) atoms. The fourth-order valence-electron chi connectivity index (χ4n) is 2.26. The number of carbonyl (C=O) groups is 1. The molecule has 0 aliphatic rings. The second-order valence-corrected chi connectivity index (χ2v) is 6.85. The minimum Gasteiger partial charge on any atom is -0.478 e. The van der Waals surface area contributed by atoms with E-state index in [1.54, 1.807) is 0 Å². The predicted molar refractivity (Wildman–Crippen MR) is 97.9 cm³/mol. The summed E-state index contributed by atoms with van der Waals surface area (Å²) < 4.78 is 13.9. The van der Waals surface area contributed by atoms with Crippen LogP contribution in [0.2, 0.25) is 5.02 Å². The summed E-state index contributed by atoms with van der Waals surface area (Å²) in [6, 6.07) is 4.17. The number of aromatic carboxylic acids is 1. The molecule has 0 saturated heterocycles. The number of hydrogen-bond acceptors (Lipinski definition) is 5. The number of alkyl halides is 1. The lowest BCUT2D eigenvalue weighted by Gasteiger charge is -2.12. The maximum Gasteiger partial charge on any atom is 0.339 e. The van der Waals surface area contributed by atoms with Gasteiger partial charge in [-0.3, -0.25) is 0 Å². The van der Waals surface area contributed by atoms with Crippen LogP contribution in [-0.2, 0) is 5.33 Å². The van der Waals surface area contributed by atoms with Crippen molar-refractivity contribution >= 4 is 44.8 Å². The van der Waals surface area contributed by atoms with E-state index in [0.717, 1.165) is 5.69 Å². The molecule has 0 saturated carbocycles. The third kappa shape index (κ3) is 3.42. The molecule has 1 N–H and O–H groups in total. The molecule has 2 aromatic heterocycles. The van der Waals surface area contributed by atoms with E-state index in [4.69, 9.17) is 11.6 Å². The number of nitrogens with zero attached hydrogens (tertiary/aromatic N) is 3. The summed E-state index contributed by atoms with van der Waals surface area (Å²) in [7, 11) is 0. The zero-order valence-electron chi connectivity index (χ0n) is 12.8. The monoisotopic (exact) mass is 441 g/mol. The third-order valence-corrected chi connectivity index (χ3v) is 5.21. The van der Waals surface area contributed by atoms with E-state index in [1.165, 1.54) is 29.5 Å². The number of aromatic nitrogens is 3. The molecule has 3 aromatic rings. The highest BCUT2D eigenvalue weighted by molar-refractivity contribution is 9.08. The van der Waals surface area contributed by atoms with Crippen molar-refractivity contribution in [3.63, 3.8) is 0 Å². The van der Waals surface area contributed by atoms with Crippen molar-refractivity contribution in [1.82, 2.24) is 15.0 Å². The van der Waals surface area contributed by atoms with Crippen molar-refractivity contribution in [3.05, 3.63) is 51.4 Å². The zero-order valence-corrected chi connectivity index (χ0v) is 15.9. The molecular weight excluding hydrogens is 433 g/mol. The third-order valence-electron chi connectivity index (χ3n) is 3.34. The topological polar surface area (TPSA) is 76.0 Å². The number of thiazole rings is 1. The quantitative estimate of drug-likeness (QED) is 0.578. The molecule has 0 unspecified atom stereocenters. The molecule has 3 rings (SSSR count). The number of aryl methyl sites for hydroxylation is 1. The number of carboxylic acids is 1. The molecule has 2 heterocycles. The van der Waals surface area contributed by atoms with Crippen LogP contribution in [0.3, 0.4) is 0 Å². The first-order valence-electron chi connectivity index (χ1n) is 6.99. The fourth-order valence-corrected chi connectivity index (χ4v) is 3.61. The Morgan fingerprint density at radius 3 is 2.72 bits per heavy atom. The van der Waals surface area contributed by atoms with Gasteiger partial charge in [-0.25, -0.2) is 24.1 Å². The fraction of sp³-hybridized carbons (Fsp3) is 0.125. The number of halogens is 3. The molecule has 0 aliphatic heterocycles. The van der Waals surface area contributed by atoms with Crippen molar-refractivity contribution in [2.75, 3.05) is 0 Å². The molecule has 128 valence electrons. The smallest absolute Gasteiger partial charge is 0.339 e. The van der Waals surface area contributed by atoms with Crippen LogP contribution >= 0.6 is 38.9 Å². The molecular formula is C16H10BrClFN3O2S. The van der Waals surface area contributed by atoms with Gasteiger partial charge in [0.1, 0.15) is 11.4 Å². The normalized spacial score (nSPS) is 10.9. The van der Waals surface area contributed by atoms with Gasteiger partial charge in [0.25, 0.3) is 0 Å². The summed E-state index contributed by atoms with van der Waals surface area (Å²) >= 11 is 10.6. The molecule has 0 bridgehead atoms. The Kier molecular flexibility index (Phi) is 5.12. The van der Waals surface area contributed by atoms with Gasteiger partial charge in [0.05, 0.1) is 16.4 Å². The minimum absolute atomic E-state index is 0.0595. The second kappa shape index (κ2) is 7.15. The van der Waals surface area contributed by atoms with Crippen molar-refractivity contribution in [2.45, 2.75) is 12.3 Å². The highest BCUT2D eigenvalue weighted by Gasteiger charge is 2.24. The average molecular weight is 443 g/mol. The molecule has 0 spiro atoms. The molecule has 0 aliphatic carbocycles. The lowest BCUT2D eigenvalue weighted by Crippen LogP contribution is -2.10. The van der Waals surface area contributed by atoms with Gasteiger partial charge in [-0.1, -0.05) is 39.7 Å². The van der Waals surface area contributed by atoms with Crippen LogP contribution < -0.4 is 0 Å².